The molecule has 2 N–H and O–H groups in total. The molecule has 19 heavy (non-hydrogen) atoms. The van der Waals surface area contributed by atoms with Crippen molar-refractivity contribution in [2.75, 3.05) is 5.73 Å². The lowest BCUT2D eigenvalue weighted by molar-refractivity contribution is 0.620. The van der Waals surface area contributed by atoms with Crippen LogP contribution in [0.5, 0.6) is 0 Å². The Labute approximate surface area is 114 Å². The van der Waals surface area contributed by atoms with E-state index in [1.165, 1.54) is 10.6 Å². The number of hydrogen-bond donors (Lipinski definition) is 1. The highest BCUT2D eigenvalue weighted by Gasteiger charge is 2.16. The van der Waals surface area contributed by atoms with E-state index in [-0.39, 0.29) is 11.6 Å². The Morgan fingerprint density at radius 1 is 1.26 bits per heavy atom. The Hall–Kier alpha value is -2.07. The Balaban J connectivity index is 2.40. The first kappa shape index (κ1) is 12.0. The summed E-state index contributed by atoms with van der Waals surface area (Å²) in [6, 6.07) is 10.2. The first-order valence-corrected chi connectivity index (χ1v) is 6.14. The van der Waals surface area contributed by atoms with Gasteiger partial charge < -0.3 is 5.73 Å². The zero-order chi connectivity index (χ0) is 13.6. The summed E-state index contributed by atoms with van der Waals surface area (Å²) < 4.78 is 15.5. The van der Waals surface area contributed by atoms with Gasteiger partial charge in [-0.05, 0) is 36.8 Å². The number of hydrogen-bond acceptors (Lipinski definition) is 2. The number of nitrogen functional groups attached to an aromatic ring is 1. The maximum atomic E-state index is 14.0. The van der Waals surface area contributed by atoms with E-state index in [1.807, 2.05) is 25.1 Å². The number of para-hydroxylation sites is 1. The van der Waals surface area contributed by atoms with Gasteiger partial charge in [-0.3, -0.25) is 4.57 Å². The third-order valence-electron chi connectivity index (χ3n) is 3.00. The quantitative estimate of drug-likeness (QED) is 0.736. The summed E-state index contributed by atoms with van der Waals surface area (Å²) in [7, 11) is 0. The third kappa shape index (κ3) is 1.85. The summed E-state index contributed by atoms with van der Waals surface area (Å²) in [6.45, 7) is 1.96. The molecule has 0 fully saturated rings. The maximum Gasteiger partial charge on any atom is 0.206 e. The number of anilines is 1. The van der Waals surface area contributed by atoms with Crippen molar-refractivity contribution < 1.29 is 4.39 Å². The highest BCUT2D eigenvalue weighted by Crippen LogP contribution is 2.30. The number of nitrogens with two attached hydrogens (primary N) is 1. The van der Waals surface area contributed by atoms with Crippen molar-refractivity contribution in [2.24, 2.45) is 0 Å². The van der Waals surface area contributed by atoms with Gasteiger partial charge in [0.15, 0.2) is 0 Å². The Bertz CT molecular complexity index is 759. The molecule has 0 unspecified atom stereocenters. The van der Waals surface area contributed by atoms with Crippen LogP contribution in [0.3, 0.4) is 0 Å². The molecular formula is C14H11ClFN3. The van der Waals surface area contributed by atoms with Gasteiger partial charge in [-0.25, -0.2) is 9.37 Å². The van der Waals surface area contributed by atoms with Crippen molar-refractivity contribution in [3.8, 4) is 5.69 Å². The number of rotatable bonds is 1. The zero-order valence-corrected chi connectivity index (χ0v) is 10.9. The number of benzene rings is 2. The summed E-state index contributed by atoms with van der Waals surface area (Å²) in [5.41, 5.74) is 8.65. The van der Waals surface area contributed by atoms with Crippen molar-refractivity contribution in [2.45, 2.75) is 6.92 Å². The predicted molar refractivity (Wildman–Crippen MR) is 75.2 cm³/mol. The summed E-state index contributed by atoms with van der Waals surface area (Å²) in [5, 5.41) is 0.298. The molecule has 2 aromatic carbocycles. The van der Waals surface area contributed by atoms with Crippen LogP contribution in [0.15, 0.2) is 36.4 Å². The predicted octanol–water partition coefficient (Wildman–Crippen LogP) is 3.71. The number of aryl methyl sites for hydroxylation is 1. The molecule has 3 aromatic rings. The smallest absolute Gasteiger partial charge is 0.206 e. The normalized spacial score (nSPS) is 11.1. The van der Waals surface area contributed by atoms with Crippen LogP contribution >= 0.6 is 11.6 Å². The van der Waals surface area contributed by atoms with E-state index in [0.29, 0.717) is 5.02 Å². The van der Waals surface area contributed by atoms with Crippen molar-refractivity contribution in [1.29, 1.82) is 0 Å². The minimum absolute atomic E-state index is 0.215. The van der Waals surface area contributed by atoms with Gasteiger partial charge in [0.1, 0.15) is 11.5 Å². The van der Waals surface area contributed by atoms with Gasteiger partial charge in [0.2, 0.25) is 5.95 Å². The second-order valence-electron chi connectivity index (χ2n) is 4.37. The molecule has 0 saturated carbocycles. The van der Waals surface area contributed by atoms with Crippen LogP contribution in [-0.4, -0.2) is 9.55 Å². The van der Waals surface area contributed by atoms with Crippen molar-refractivity contribution in [3.63, 3.8) is 0 Å². The lowest BCUT2D eigenvalue weighted by Crippen LogP contribution is -2.03. The van der Waals surface area contributed by atoms with Gasteiger partial charge in [-0.1, -0.05) is 23.7 Å². The maximum absolute atomic E-state index is 14.0. The second-order valence-corrected chi connectivity index (χ2v) is 4.78. The van der Waals surface area contributed by atoms with E-state index in [4.69, 9.17) is 17.3 Å². The summed E-state index contributed by atoms with van der Waals surface area (Å²) in [6.07, 6.45) is 0. The molecule has 0 bridgehead atoms. The van der Waals surface area contributed by atoms with Gasteiger partial charge in [0.05, 0.1) is 16.1 Å². The Kier molecular flexibility index (Phi) is 2.68. The van der Waals surface area contributed by atoms with Crippen LogP contribution in [-0.2, 0) is 0 Å². The summed E-state index contributed by atoms with van der Waals surface area (Å²) >= 11 is 6.08. The monoisotopic (exact) mass is 275 g/mol. The SMILES string of the molecule is Cc1ccc2c(c1)nc(N)n2-c1c(F)cccc1Cl. The molecular weight excluding hydrogens is 265 g/mol. The van der Waals surface area contributed by atoms with E-state index in [2.05, 4.69) is 4.98 Å². The highest BCUT2D eigenvalue weighted by atomic mass is 35.5. The van der Waals surface area contributed by atoms with Gasteiger partial charge in [0, 0.05) is 0 Å². The average molecular weight is 276 g/mol. The molecule has 3 rings (SSSR count). The Morgan fingerprint density at radius 3 is 2.79 bits per heavy atom. The minimum atomic E-state index is -0.431. The van der Waals surface area contributed by atoms with Crippen LogP contribution in [0.4, 0.5) is 10.3 Å². The molecule has 1 aromatic heterocycles. The van der Waals surface area contributed by atoms with Crippen LogP contribution < -0.4 is 5.73 Å². The lowest BCUT2D eigenvalue weighted by Gasteiger charge is -2.09. The summed E-state index contributed by atoms with van der Waals surface area (Å²) in [4.78, 5) is 4.25. The number of fused-ring (bicyclic) bond motifs is 1. The number of imidazole rings is 1. The molecule has 0 spiro atoms. The number of halogens is 2. The first-order valence-electron chi connectivity index (χ1n) is 5.77. The number of nitrogens with zero attached hydrogens (tertiary/aromatic N) is 2. The van der Waals surface area contributed by atoms with E-state index in [1.54, 1.807) is 12.1 Å². The summed E-state index contributed by atoms with van der Waals surface area (Å²) in [5.74, 6) is -0.216. The standard InChI is InChI=1S/C14H11ClFN3/c1-8-5-6-12-11(7-8)18-14(17)19(12)13-9(15)3-2-4-10(13)16/h2-7H,1H3,(H2,17,18). The van der Waals surface area contributed by atoms with Gasteiger partial charge >= 0.3 is 0 Å². The molecule has 1 heterocycles. The molecule has 0 atom stereocenters. The fourth-order valence-electron chi connectivity index (χ4n) is 2.15. The molecule has 96 valence electrons. The molecule has 0 saturated heterocycles. The van der Waals surface area contributed by atoms with Crippen molar-refractivity contribution >= 4 is 28.6 Å². The van der Waals surface area contributed by atoms with E-state index >= 15 is 0 Å². The van der Waals surface area contributed by atoms with Gasteiger partial charge in [-0.15, -0.1) is 0 Å². The van der Waals surface area contributed by atoms with Crippen LogP contribution in [0.2, 0.25) is 5.02 Å². The number of aromatic nitrogens is 2. The topological polar surface area (TPSA) is 43.8 Å². The van der Waals surface area contributed by atoms with Crippen molar-refractivity contribution in [3.05, 3.63) is 52.8 Å². The fourth-order valence-corrected chi connectivity index (χ4v) is 2.39. The molecule has 0 amide bonds. The molecule has 0 aliphatic heterocycles. The van der Waals surface area contributed by atoms with E-state index in [9.17, 15) is 4.39 Å². The second kappa shape index (κ2) is 4.24. The van der Waals surface area contributed by atoms with Gasteiger partial charge in [0.25, 0.3) is 0 Å². The largest absolute Gasteiger partial charge is 0.369 e. The van der Waals surface area contributed by atoms with E-state index in [0.717, 1.165) is 16.6 Å². The highest BCUT2D eigenvalue weighted by molar-refractivity contribution is 6.32. The molecule has 0 radical (unpaired) electrons. The van der Waals surface area contributed by atoms with Gasteiger partial charge in [-0.2, -0.15) is 0 Å². The fraction of sp³-hybridized carbons (Fsp3) is 0.0714. The van der Waals surface area contributed by atoms with E-state index < -0.39 is 5.82 Å². The van der Waals surface area contributed by atoms with Crippen LogP contribution in [0, 0.1) is 12.7 Å². The van der Waals surface area contributed by atoms with Crippen LogP contribution in [0.1, 0.15) is 5.56 Å². The lowest BCUT2D eigenvalue weighted by atomic mass is 10.2. The first-order chi connectivity index (χ1) is 9.08. The molecule has 5 heteroatoms. The van der Waals surface area contributed by atoms with Crippen molar-refractivity contribution in [1.82, 2.24) is 9.55 Å². The zero-order valence-electron chi connectivity index (χ0n) is 10.2. The van der Waals surface area contributed by atoms with Crippen LogP contribution in [0.25, 0.3) is 16.7 Å². The Morgan fingerprint density at radius 2 is 2.05 bits per heavy atom. The third-order valence-corrected chi connectivity index (χ3v) is 3.30. The molecule has 3 nitrogen and oxygen atoms in total. The molecule has 0 aliphatic carbocycles. The average Bonchev–Trinajstić information content (AvgIpc) is 2.65. The molecule has 0 aliphatic rings. The minimum Gasteiger partial charge on any atom is -0.369 e.